The lowest BCUT2D eigenvalue weighted by molar-refractivity contribution is -0.127. The lowest BCUT2D eigenvalue weighted by atomic mass is 9.97. The molecule has 8 nitrogen and oxygen atoms in total. The van der Waals surface area contributed by atoms with Crippen LogP contribution in [-0.4, -0.2) is 40.0 Å². The molecule has 0 radical (unpaired) electrons. The fourth-order valence-corrected chi connectivity index (χ4v) is 5.06. The van der Waals surface area contributed by atoms with Crippen molar-refractivity contribution in [3.05, 3.63) is 83.9 Å². The number of nitrogens with one attached hydrogen (secondary N) is 1. The molecule has 1 aliphatic rings. The molecule has 1 saturated carbocycles. The Kier molecular flexibility index (Phi) is 7.16. The molecule has 190 valence electrons. The minimum absolute atomic E-state index is 0.0639. The van der Waals surface area contributed by atoms with Gasteiger partial charge in [-0.1, -0.05) is 54.5 Å². The van der Waals surface area contributed by atoms with Gasteiger partial charge in [0.1, 0.15) is 23.9 Å². The second kappa shape index (κ2) is 10.8. The van der Waals surface area contributed by atoms with Crippen LogP contribution in [0.15, 0.2) is 72.8 Å². The van der Waals surface area contributed by atoms with E-state index in [1.54, 1.807) is 28.8 Å². The summed E-state index contributed by atoms with van der Waals surface area (Å²) in [6.45, 7) is 1.90. The first-order chi connectivity index (χ1) is 18.0. The first-order valence-electron chi connectivity index (χ1n) is 12.7. The standard InChI is InChI=1S/C29H31N5O3/c1-20-9-3-6-12-24(20)28(29(36)30-21-10-4-5-11-21)34(22-15-17-23(37-2)18-16-22)27(35)19-33-26-14-8-7-13-25(26)31-32-33/h3,6-9,12-18,21,28H,4-5,10-11,19H2,1-2H3,(H,30,36)/t28-/m0/s1. The summed E-state index contributed by atoms with van der Waals surface area (Å²) in [7, 11) is 1.60. The van der Waals surface area contributed by atoms with Crippen LogP contribution in [0.25, 0.3) is 11.0 Å². The van der Waals surface area contributed by atoms with Crippen molar-refractivity contribution in [3.63, 3.8) is 0 Å². The van der Waals surface area contributed by atoms with Gasteiger partial charge < -0.3 is 10.1 Å². The van der Waals surface area contributed by atoms with Gasteiger partial charge >= 0.3 is 0 Å². The van der Waals surface area contributed by atoms with Gasteiger partial charge in [-0.05, 0) is 67.3 Å². The molecule has 1 aliphatic carbocycles. The molecular formula is C29H31N5O3. The zero-order valence-electron chi connectivity index (χ0n) is 21.1. The van der Waals surface area contributed by atoms with Crippen molar-refractivity contribution in [2.24, 2.45) is 0 Å². The minimum Gasteiger partial charge on any atom is -0.497 e. The maximum Gasteiger partial charge on any atom is 0.249 e. The summed E-state index contributed by atoms with van der Waals surface area (Å²) in [6.07, 6.45) is 4.10. The monoisotopic (exact) mass is 497 g/mol. The van der Waals surface area contributed by atoms with Crippen LogP contribution in [-0.2, 0) is 16.1 Å². The van der Waals surface area contributed by atoms with Crippen molar-refractivity contribution in [3.8, 4) is 5.75 Å². The number of para-hydroxylation sites is 1. The van der Waals surface area contributed by atoms with Crippen molar-refractivity contribution in [1.82, 2.24) is 20.3 Å². The molecule has 37 heavy (non-hydrogen) atoms. The van der Waals surface area contributed by atoms with E-state index < -0.39 is 6.04 Å². The number of amides is 2. The molecule has 0 aliphatic heterocycles. The summed E-state index contributed by atoms with van der Waals surface area (Å²) < 4.78 is 6.92. The first-order valence-corrected chi connectivity index (χ1v) is 12.7. The maximum atomic E-state index is 14.1. The number of hydrogen-bond donors (Lipinski definition) is 1. The van der Waals surface area contributed by atoms with Crippen LogP contribution < -0.4 is 15.0 Å². The van der Waals surface area contributed by atoms with Gasteiger partial charge in [0.05, 0.1) is 12.6 Å². The molecule has 0 bridgehead atoms. The zero-order chi connectivity index (χ0) is 25.8. The number of nitrogens with zero attached hydrogens (tertiary/aromatic N) is 4. The number of anilines is 1. The second-order valence-electron chi connectivity index (χ2n) is 9.45. The predicted octanol–water partition coefficient (Wildman–Crippen LogP) is 4.58. The third-order valence-corrected chi connectivity index (χ3v) is 7.02. The Morgan fingerprint density at radius 2 is 1.73 bits per heavy atom. The van der Waals surface area contributed by atoms with E-state index in [9.17, 15) is 9.59 Å². The van der Waals surface area contributed by atoms with Gasteiger partial charge in [0.25, 0.3) is 0 Å². The normalized spacial score (nSPS) is 14.4. The van der Waals surface area contributed by atoms with Gasteiger partial charge in [-0.3, -0.25) is 14.5 Å². The van der Waals surface area contributed by atoms with E-state index in [1.807, 2.05) is 67.6 Å². The Labute approximate surface area is 216 Å². The van der Waals surface area contributed by atoms with Crippen molar-refractivity contribution >= 4 is 28.5 Å². The lowest BCUT2D eigenvalue weighted by Gasteiger charge is -2.33. The number of benzene rings is 3. The Hall–Kier alpha value is -4.20. The quantitative estimate of drug-likeness (QED) is 0.385. The van der Waals surface area contributed by atoms with Crippen molar-refractivity contribution in [2.75, 3.05) is 12.0 Å². The largest absolute Gasteiger partial charge is 0.497 e. The van der Waals surface area contributed by atoms with Gasteiger partial charge in [0, 0.05) is 11.7 Å². The number of fused-ring (bicyclic) bond motifs is 1. The molecule has 1 fully saturated rings. The van der Waals surface area contributed by atoms with Gasteiger partial charge in [-0.15, -0.1) is 5.10 Å². The summed E-state index contributed by atoms with van der Waals surface area (Å²) in [5.74, 6) is 0.214. The molecule has 0 saturated heterocycles. The molecule has 4 aromatic rings. The molecule has 2 amide bonds. The average molecular weight is 498 g/mol. The van der Waals surface area contributed by atoms with E-state index in [1.165, 1.54) is 0 Å². The Morgan fingerprint density at radius 1 is 1.03 bits per heavy atom. The van der Waals surface area contributed by atoms with Crippen LogP contribution in [0.2, 0.25) is 0 Å². The van der Waals surface area contributed by atoms with E-state index in [-0.39, 0.29) is 24.4 Å². The first kappa shape index (κ1) is 24.5. The van der Waals surface area contributed by atoms with E-state index >= 15 is 0 Å². The predicted molar refractivity (Wildman–Crippen MR) is 142 cm³/mol. The number of carbonyl (C=O) groups excluding carboxylic acids is 2. The molecule has 1 atom stereocenters. The number of rotatable bonds is 8. The van der Waals surface area contributed by atoms with E-state index in [0.29, 0.717) is 17.0 Å². The van der Waals surface area contributed by atoms with Crippen molar-refractivity contribution in [1.29, 1.82) is 0 Å². The molecule has 0 spiro atoms. The van der Waals surface area contributed by atoms with E-state index in [2.05, 4.69) is 15.6 Å². The summed E-state index contributed by atoms with van der Waals surface area (Å²) in [6, 6.07) is 21.7. The molecule has 1 aromatic heterocycles. The van der Waals surface area contributed by atoms with E-state index in [0.717, 1.165) is 42.3 Å². The number of aryl methyl sites for hydroxylation is 1. The molecule has 0 unspecified atom stereocenters. The summed E-state index contributed by atoms with van der Waals surface area (Å²) >= 11 is 0. The summed E-state index contributed by atoms with van der Waals surface area (Å²) in [4.78, 5) is 29.6. The van der Waals surface area contributed by atoms with Gasteiger partial charge in [0.15, 0.2) is 0 Å². The molecule has 3 aromatic carbocycles. The zero-order valence-corrected chi connectivity index (χ0v) is 21.1. The fourth-order valence-electron chi connectivity index (χ4n) is 5.06. The van der Waals surface area contributed by atoms with Gasteiger partial charge in [-0.2, -0.15) is 0 Å². The molecule has 1 heterocycles. The lowest BCUT2D eigenvalue weighted by Crippen LogP contribution is -2.47. The van der Waals surface area contributed by atoms with Gasteiger partial charge in [-0.25, -0.2) is 4.68 Å². The summed E-state index contributed by atoms with van der Waals surface area (Å²) in [5, 5.41) is 11.6. The SMILES string of the molecule is COc1ccc(N(C(=O)Cn2nnc3ccccc32)[C@H](C(=O)NC2CCCC2)c2ccccc2C)cc1. The number of hydrogen-bond acceptors (Lipinski definition) is 5. The van der Waals surface area contributed by atoms with Crippen LogP contribution in [0, 0.1) is 6.92 Å². The highest BCUT2D eigenvalue weighted by atomic mass is 16.5. The van der Waals surface area contributed by atoms with Crippen LogP contribution >= 0.6 is 0 Å². The van der Waals surface area contributed by atoms with Crippen LogP contribution in [0.1, 0.15) is 42.9 Å². The number of carbonyl (C=O) groups is 2. The minimum atomic E-state index is -0.850. The Morgan fingerprint density at radius 3 is 2.46 bits per heavy atom. The number of aromatic nitrogens is 3. The fraction of sp³-hybridized carbons (Fsp3) is 0.310. The third-order valence-electron chi connectivity index (χ3n) is 7.02. The van der Waals surface area contributed by atoms with Crippen LogP contribution in [0.4, 0.5) is 5.69 Å². The molecule has 5 rings (SSSR count). The number of methoxy groups -OCH3 is 1. The highest BCUT2D eigenvalue weighted by Gasteiger charge is 2.35. The smallest absolute Gasteiger partial charge is 0.249 e. The highest BCUT2D eigenvalue weighted by molar-refractivity contribution is 6.01. The topological polar surface area (TPSA) is 89.3 Å². The van der Waals surface area contributed by atoms with Crippen LogP contribution in [0.3, 0.4) is 0 Å². The van der Waals surface area contributed by atoms with Crippen molar-refractivity contribution in [2.45, 2.75) is 51.2 Å². The maximum absolute atomic E-state index is 14.1. The Bertz CT molecular complexity index is 1390. The molecule has 8 heteroatoms. The van der Waals surface area contributed by atoms with Crippen LogP contribution in [0.5, 0.6) is 5.75 Å². The summed E-state index contributed by atoms with van der Waals surface area (Å²) in [5.41, 5.74) is 3.79. The van der Waals surface area contributed by atoms with Gasteiger partial charge in [0.2, 0.25) is 11.8 Å². The average Bonchev–Trinajstić information content (AvgIpc) is 3.58. The molecular weight excluding hydrogens is 466 g/mol. The van der Waals surface area contributed by atoms with Crippen molar-refractivity contribution < 1.29 is 14.3 Å². The molecule has 1 N–H and O–H groups in total. The van der Waals surface area contributed by atoms with E-state index in [4.69, 9.17) is 4.74 Å². The Balaban J connectivity index is 1.58. The number of ether oxygens (including phenoxy) is 1. The highest BCUT2D eigenvalue weighted by Crippen LogP contribution is 2.32. The third kappa shape index (κ3) is 5.18. The second-order valence-corrected chi connectivity index (χ2v) is 9.45.